The summed E-state index contributed by atoms with van der Waals surface area (Å²) in [4.78, 5) is 16.4. The second-order valence-corrected chi connectivity index (χ2v) is 5.63. The summed E-state index contributed by atoms with van der Waals surface area (Å²) in [5.41, 5.74) is 0.672. The summed E-state index contributed by atoms with van der Waals surface area (Å²) in [6.45, 7) is 8.45. The molecule has 0 aliphatic carbocycles. The molecule has 0 heterocycles. The van der Waals surface area contributed by atoms with E-state index in [1.807, 2.05) is 25.1 Å². The van der Waals surface area contributed by atoms with Crippen molar-refractivity contribution in [3.05, 3.63) is 35.9 Å². The van der Waals surface area contributed by atoms with Gasteiger partial charge in [0.1, 0.15) is 0 Å². The molecule has 3 N–H and O–H groups in total. The highest BCUT2D eigenvalue weighted by Crippen LogP contribution is 1.97. The van der Waals surface area contributed by atoms with E-state index in [1.54, 1.807) is 12.1 Å². The summed E-state index contributed by atoms with van der Waals surface area (Å²) in [6.07, 6.45) is 3.18. The minimum absolute atomic E-state index is 0. The molecule has 1 rings (SSSR count). The van der Waals surface area contributed by atoms with Crippen LogP contribution in [0.15, 0.2) is 35.3 Å². The highest BCUT2D eigenvalue weighted by atomic mass is 127. The van der Waals surface area contributed by atoms with Crippen LogP contribution < -0.4 is 16.0 Å². The van der Waals surface area contributed by atoms with E-state index >= 15 is 0 Å². The lowest BCUT2D eigenvalue weighted by molar-refractivity contribution is 0.0954. The predicted octanol–water partition coefficient (Wildman–Crippen LogP) is 2.80. The van der Waals surface area contributed by atoms with Gasteiger partial charge in [-0.15, -0.1) is 24.0 Å². The zero-order valence-corrected chi connectivity index (χ0v) is 18.3. The molecule has 0 unspecified atom stereocenters. The molecule has 0 bridgehead atoms. The van der Waals surface area contributed by atoms with Crippen molar-refractivity contribution in [1.82, 2.24) is 16.0 Å². The molecule has 6 nitrogen and oxygen atoms in total. The number of rotatable bonds is 12. The molecule has 1 aromatic carbocycles. The SMILES string of the molecule is CCCCOCCCN=C(NCC)NCCNC(=O)c1ccccc1.I. The zero-order chi connectivity index (χ0) is 18.2. The second-order valence-electron chi connectivity index (χ2n) is 5.63. The van der Waals surface area contributed by atoms with Crippen LogP contribution in [0.1, 0.15) is 43.5 Å². The third-order valence-electron chi connectivity index (χ3n) is 3.44. The van der Waals surface area contributed by atoms with Crippen LogP contribution in [0.3, 0.4) is 0 Å². The molecule has 0 spiro atoms. The largest absolute Gasteiger partial charge is 0.381 e. The number of ether oxygens (including phenoxy) is 1. The lowest BCUT2D eigenvalue weighted by Crippen LogP contribution is -2.41. The Morgan fingerprint density at radius 3 is 2.38 bits per heavy atom. The number of carbonyl (C=O) groups is 1. The fraction of sp³-hybridized carbons (Fsp3) is 0.579. The summed E-state index contributed by atoms with van der Waals surface area (Å²) < 4.78 is 5.53. The number of amides is 1. The van der Waals surface area contributed by atoms with E-state index in [9.17, 15) is 4.79 Å². The number of unbranched alkanes of at least 4 members (excludes halogenated alkanes) is 1. The van der Waals surface area contributed by atoms with Crippen LogP contribution in [0.4, 0.5) is 0 Å². The van der Waals surface area contributed by atoms with Crippen molar-refractivity contribution in [2.75, 3.05) is 39.4 Å². The van der Waals surface area contributed by atoms with Crippen LogP contribution in [-0.4, -0.2) is 51.3 Å². The molecule has 1 aromatic rings. The van der Waals surface area contributed by atoms with Crippen molar-refractivity contribution in [2.24, 2.45) is 4.99 Å². The van der Waals surface area contributed by atoms with Gasteiger partial charge in [0.2, 0.25) is 0 Å². The maximum Gasteiger partial charge on any atom is 0.251 e. The standard InChI is InChI=1S/C19H32N4O2.HI/c1-3-5-15-25-16-9-12-22-19(20-4-2)23-14-13-21-18(24)17-10-7-6-8-11-17;/h6-8,10-11H,3-5,9,12-16H2,1-2H3,(H,21,24)(H2,20,22,23);1H. The van der Waals surface area contributed by atoms with Crippen LogP contribution in [0, 0.1) is 0 Å². The smallest absolute Gasteiger partial charge is 0.251 e. The number of nitrogens with one attached hydrogen (secondary N) is 3. The van der Waals surface area contributed by atoms with Crippen molar-refractivity contribution >= 4 is 35.8 Å². The van der Waals surface area contributed by atoms with Gasteiger partial charge in [0.25, 0.3) is 5.91 Å². The summed E-state index contributed by atoms with van der Waals surface area (Å²) >= 11 is 0. The van der Waals surface area contributed by atoms with Crippen molar-refractivity contribution in [1.29, 1.82) is 0 Å². The van der Waals surface area contributed by atoms with Gasteiger partial charge in [0.15, 0.2) is 5.96 Å². The second kappa shape index (κ2) is 17.1. The fourth-order valence-corrected chi connectivity index (χ4v) is 2.10. The average molecular weight is 476 g/mol. The van der Waals surface area contributed by atoms with Gasteiger partial charge < -0.3 is 20.7 Å². The Labute approximate surface area is 174 Å². The number of halogens is 1. The van der Waals surface area contributed by atoms with E-state index in [0.717, 1.165) is 51.5 Å². The first-order valence-electron chi connectivity index (χ1n) is 9.21. The minimum atomic E-state index is -0.0615. The zero-order valence-electron chi connectivity index (χ0n) is 15.9. The first kappa shape index (κ1) is 24.7. The predicted molar refractivity (Wildman–Crippen MR) is 119 cm³/mol. The first-order chi connectivity index (χ1) is 12.3. The van der Waals surface area contributed by atoms with Crippen LogP contribution in [-0.2, 0) is 4.74 Å². The number of nitrogens with zero attached hydrogens (tertiary/aromatic N) is 1. The van der Waals surface area contributed by atoms with Crippen molar-refractivity contribution in [2.45, 2.75) is 33.1 Å². The molecule has 0 aliphatic rings. The van der Waals surface area contributed by atoms with Gasteiger partial charge in [-0.1, -0.05) is 31.5 Å². The van der Waals surface area contributed by atoms with E-state index < -0.39 is 0 Å². The Bertz CT molecular complexity index is 498. The Morgan fingerprint density at radius 2 is 1.69 bits per heavy atom. The first-order valence-corrected chi connectivity index (χ1v) is 9.21. The van der Waals surface area contributed by atoms with Crippen molar-refractivity contribution in [3.8, 4) is 0 Å². The third-order valence-corrected chi connectivity index (χ3v) is 3.44. The quantitative estimate of drug-likeness (QED) is 0.188. The lowest BCUT2D eigenvalue weighted by atomic mass is 10.2. The maximum atomic E-state index is 11.9. The van der Waals surface area contributed by atoms with Crippen LogP contribution >= 0.6 is 24.0 Å². The molecule has 0 saturated heterocycles. The number of guanidine groups is 1. The number of hydrogen-bond acceptors (Lipinski definition) is 3. The van der Waals surface area contributed by atoms with Gasteiger partial charge in [-0.25, -0.2) is 0 Å². The summed E-state index contributed by atoms with van der Waals surface area (Å²) in [7, 11) is 0. The Balaban J connectivity index is 0.00000625. The highest BCUT2D eigenvalue weighted by molar-refractivity contribution is 14.0. The molecule has 7 heteroatoms. The molecule has 0 aromatic heterocycles. The Morgan fingerprint density at radius 1 is 1.00 bits per heavy atom. The van der Waals surface area contributed by atoms with Gasteiger partial charge >= 0.3 is 0 Å². The van der Waals surface area contributed by atoms with E-state index in [-0.39, 0.29) is 29.9 Å². The highest BCUT2D eigenvalue weighted by Gasteiger charge is 2.03. The van der Waals surface area contributed by atoms with Gasteiger partial charge in [0.05, 0.1) is 0 Å². The number of benzene rings is 1. The molecule has 0 saturated carbocycles. The molecule has 1 amide bonds. The van der Waals surface area contributed by atoms with Gasteiger partial charge in [-0.3, -0.25) is 9.79 Å². The molecule has 0 aliphatic heterocycles. The number of carbonyl (C=O) groups excluding carboxylic acids is 1. The van der Waals surface area contributed by atoms with E-state index in [2.05, 4.69) is 27.9 Å². The molecule has 0 fully saturated rings. The average Bonchev–Trinajstić information content (AvgIpc) is 2.64. The normalized spacial score (nSPS) is 10.8. The van der Waals surface area contributed by atoms with Gasteiger partial charge in [-0.05, 0) is 31.9 Å². The third kappa shape index (κ3) is 12.1. The van der Waals surface area contributed by atoms with E-state index in [0.29, 0.717) is 18.7 Å². The van der Waals surface area contributed by atoms with Crippen LogP contribution in [0.2, 0.25) is 0 Å². The molecular formula is C19H33IN4O2. The molecule has 0 atom stereocenters. The van der Waals surface area contributed by atoms with Crippen LogP contribution in [0.25, 0.3) is 0 Å². The number of hydrogen-bond donors (Lipinski definition) is 3. The van der Waals surface area contributed by atoms with Gasteiger partial charge in [0, 0.05) is 45.0 Å². The molecule has 26 heavy (non-hydrogen) atoms. The summed E-state index contributed by atoms with van der Waals surface area (Å²) in [6, 6.07) is 9.21. The maximum absolute atomic E-state index is 11.9. The summed E-state index contributed by atoms with van der Waals surface area (Å²) in [5, 5.41) is 9.31. The Hall–Kier alpha value is -1.35. The fourth-order valence-electron chi connectivity index (χ4n) is 2.10. The topological polar surface area (TPSA) is 74.8 Å². The molecule has 148 valence electrons. The lowest BCUT2D eigenvalue weighted by Gasteiger charge is -2.12. The van der Waals surface area contributed by atoms with Gasteiger partial charge in [-0.2, -0.15) is 0 Å². The number of aliphatic imine (C=N–C) groups is 1. The molecular weight excluding hydrogens is 443 g/mol. The Kier molecular flexibility index (Phi) is 16.2. The van der Waals surface area contributed by atoms with Crippen LogP contribution in [0.5, 0.6) is 0 Å². The van der Waals surface area contributed by atoms with E-state index in [1.165, 1.54) is 0 Å². The monoisotopic (exact) mass is 476 g/mol. The van der Waals surface area contributed by atoms with Crippen molar-refractivity contribution in [3.63, 3.8) is 0 Å². The van der Waals surface area contributed by atoms with Crippen molar-refractivity contribution < 1.29 is 9.53 Å². The summed E-state index contributed by atoms with van der Waals surface area (Å²) in [5.74, 6) is 0.707. The minimum Gasteiger partial charge on any atom is -0.381 e. The molecule has 0 radical (unpaired) electrons. The van der Waals surface area contributed by atoms with E-state index in [4.69, 9.17) is 4.74 Å².